The molecule has 7 heteroatoms. The fraction of sp³-hybridized carbons (Fsp3) is 0.462. The zero-order valence-electron chi connectivity index (χ0n) is 19.0. The summed E-state index contributed by atoms with van der Waals surface area (Å²) in [5.74, 6) is 4.92. The minimum atomic E-state index is 0.161. The average Bonchev–Trinajstić information content (AvgIpc) is 3.28. The maximum atomic E-state index is 12.9. The van der Waals surface area contributed by atoms with E-state index in [0.29, 0.717) is 18.1 Å². The lowest BCUT2D eigenvalue weighted by atomic mass is 9.49. The third-order valence-corrected chi connectivity index (χ3v) is 7.74. The highest BCUT2D eigenvalue weighted by molar-refractivity contribution is 5.91. The Labute approximate surface area is 194 Å². The number of aryl methyl sites for hydroxylation is 1. The molecular formula is C26H30N6O. The second-order valence-electron chi connectivity index (χ2n) is 10.5. The molecule has 33 heavy (non-hydrogen) atoms. The minimum Gasteiger partial charge on any atom is -0.340 e. The number of carbonyl (C=O) groups excluding carboxylic acids is 1. The fourth-order valence-electron chi connectivity index (χ4n) is 6.98. The van der Waals surface area contributed by atoms with Crippen molar-refractivity contribution in [2.75, 3.05) is 10.6 Å². The molecule has 7 rings (SSSR count). The second-order valence-corrected chi connectivity index (χ2v) is 10.5. The molecular weight excluding hydrogens is 412 g/mol. The minimum absolute atomic E-state index is 0.161. The van der Waals surface area contributed by atoms with Crippen LogP contribution in [0, 0.1) is 30.1 Å². The quantitative estimate of drug-likeness (QED) is 0.544. The number of imidazole rings is 1. The van der Waals surface area contributed by atoms with Crippen LogP contribution in [0.1, 0.15) is 50.8 Å². The van der Waals surface area contributed by atoms with Crippen LogP contribution in [0.4, 0.5) is 17.2 Å². The van der Waals surface area contributed by atoms with Gasteiger partial charge in [0.2, 0.25) is 5.91 Å². The number of nitrogens with one attached hydrogen (secondary N) is 2. The Bertz CT molecular complexity index is 1120. The number of hydrogen-bond donors (Lipinski definition) is 2. The van der Waals surface area contributed by atoms with E-state index in [0.717, 1.165) is 34.9 Å². The summed E-state index contributed by atoms with van der Waals surface area (Å²) in [6, 6.07) is 9.72. The van der Waals surface area contributed by atoms with Gasteiger partial charge in [-0.25, -0.2) is 15.0 Å². The van der Waals surface area contributed by atoms with Gasteiger partial charge in [0.15, 0.2) is 0 Å². The third-order valence-electron chi connectivity index (χ3n) is 7.74. The lowest BCUT2D eigenvalue weighted by Crippen LogP contribution is -2.47. The van der Waals surface area contributed by atoms with Crippen molar-refractivity contribution in [2.24, 2.45) is 23.2 Å². The Kier molecular flexibility index (Phi) is 4.93. The first-order valence-electron chi connectivity index (χ1n) is 12.0. The number of rotatable bonds is 6. The summed E-state index contributed by atoms with van der Waals surface area (Å²) in [4.78, 5) is 25.9. The van der Waals surface area contributed by atoms with E-state index in [-0.39, 0.29) is 11.3 Å². The van der Waals surface area contributed by atoms with Gasteiger partial charge in [0.25, 0.3) is 0 Å². The fourth-order valence-corrected chi connectivity index (χ4v) is 6.98. The summed E-state index contributed by atoms with van der Waals surface area (Å²) in [5, 5.41) is 6.48. The van der Waals surface area contributed by atoms with Crippen LogP contribution < -0.4 is 10.6 Å². The lowest BCUT2D eigenvalue weighted by Gasteiger charge is -2.56. The highest BCUT2D eigenvalue weighted by Gasteiger charge is 2.51. The van der Waals surface area contributed by atoms with Crippen LogP contribution in [-0.2, 0) is 4.79 Å². The first-order chi connectivity index (χ1) is 16.0. The Morgan fingerprint density at radius 3 is 2.33 bits per heavy atom. The van der Waals surface area contributed by atoms with Crippen molar-refractivity contribution in [3.8, 4) is 5.82 Å². The third kappa shape index (κ3) is 4.24. The predicted molar refractivity (Wildman–Crippen MR) is 127 cm³/mol. The summed E-state index contributed by atoms with van der Waals surface area (Å²) in [7, 11) is 0. The van der Waals surface area contributed by atoms with Gasteiger partial charge in [-0.1, -0.05) is 0 Å². The van der Waals surface area contributed by atoms with Gasteiger partial charge < -0.3 is 10.6 Å². The largest absolute Gasteiger partial charge is 0.340 e. The van der Waals surface area contributed by atoms with E-state index in [1.807, 2.05) is 48.0 Å². The van der Waals surface area contributed by atoms with Gasteiger partial charge in [0, 0.05) is 36.3 Å². The number of aromatic nitrogens is 4. The van der Waals surface area contributed by atoms with Crippen LogP contribution in [-0.4, -0.2) is 25.4 Å². The van der Waals surface area contributed by atoms with Crippen LogP contribution in [0.25, 0.3) is 5.82 Å². The van der Waals surface area contributed by atoms with E-state index in [9.17, 15) is 4.79 Å². The zero-order chi connectivity index (χ0) is 22.4. The number of benzene rings is 1. The van der Waals surface area contributed by atoms with Crippen LogP contribution in [0.3, 0.4) is 0 Å². The van der Waals surface area contributed by atoms with Crippen molar-refractivity contribution in [1.82, 2.24) is 19.5 Å². The van der Waals surface area contributed by atoms with E-state index in [1.54, 1.807) is 12.5 Å². The van der Waals surface area contributed by atoms with Gasteiger partial charge in [-0.05, 0) is 92.9 Å². The molecule has 2 aromatic heterocycles. The molecule has 0 saturated heterocycles. The molecule has 0 unspecified atom stereocenters. The standard InChI is InChI=1S/C26H30N6O/c1-17-28-23(11-24(29-17)32-7-6-27-16-32)30-21-2-4-22(5-3-21)31-25(33)15-26-12-18-8-19(13-26)10-20(9-18)14-26/h2-7,11,16,18-20H,8-10,12-15H2,1H3,(H,31,33)(H,28,29,30). The Morgan fingerprint density at radius 1 is 1.03 bits per heavy atom. The molecule has 4 bridgehead atoms. The number of carbonyl (C=O) groups is 1. The zero-order valence-corrected chi connectivity index (χ0v) is 19.0. The summed E-state index contributed by atoms with van der Waals surface area (Å²) in [5.41, 5.74) is 2.01. The summed E-state index contributed by atoms with van der Waals surface area (Å²) in [6.07, 6.45) is 14.0. The molecule has 170 valence electrons. The lowest BCUT2D eigenvalue weighted by molar-refractivity contribution is -0.124. The molecule has 7 nitrogen and oxygen atoms in total. The smallest absolute Gasteiger partial charge is 0.224 e. The molecule has 0 atom stereocenters. The maximum absolute atomic E-state index is 12.9. The highest BCUT2D eigenvalue weighted by atomic mass is 16.1. The number of nitrogens with zero attached hydrogens (tertiary/aromatic N) is 4. The molecule has 0 spiro atoms. The molecule has 4 aliphatic rings. The Morgan fingerprint density at radius 2 is 1.70 bits per heavy atom. The number of anilines is 3. The normalized spacial score (nSPS) is 27.5. The monoisotopic (exact) mass is 442 g/mol. The second kappa shape index (κ2) is 7.97. The first kappa shape index (κ1) is 20.4. The van der Waals surface area contributed by atoms with Crippen molar-refractivity contribution in [1.29, 1.82) is 0 Å². The van der Waals surface area contributed by atoms with Crippen LogP contribution in [0.2, 0.25) is 0 Å². The molecule has 0 radical (unpaired) electrons. The summed E-state index contributed by atoms with van der Waals surface area (Å²) < 4.78 is 1.85. The predicted octanol–water partition coefficient (Wildman–Crippen LogP) is 5.26. The first-order valence-corrected chi connectivity index (χ1v) is 12.0. The van der Waals surface area contributed by atoms with Crippen LogP contribution in [0.15, 0.2) is 49.1 Å². The maximum Gasteiger partial charge on any atom is 0.224 e. The van der Waals surface area contributed by atoms with Crippen molar-refractivity contribution in [3.63, 3.8) is 0 Å². The van der Waals surface area contributed by atoms with E-state index >= 15 is 0 Å². The van der Waals surface area contributed by atoms with E-state index in [4.69, 9.17) is 0 Å². The van der Waals surface area contributed by atoms with E-state index in [2.05, 4.69) is 25.6 Å². The summed E-state index contributed by atoms with van der Waals surface area (Å²) in [6.45, 7) is 1.87. The Hall–Kier alpha value is -3.22. The van der Waals surface area contributed by atoms with Crippen molar-refractivity contribution in [3.05, 3.63) is 54.9 Å². The Balaban J connectivity index is 1.10. The van der Waals surface area contributed by atoms with Gasteiger partial charge in [-0.2, -0.15) is 0 Å². The van der Waals surface area contributed by atoms with E-state index < -0.39 is 0 Å². The van der Waals surface area contributed by atoms with Gasteiger partial charge in [-0.15, -0.1) is 0 Å². The van der Waals surface area contributed by atoms with Crippen molar-refractivity contribution in [2.45, 2.75) is 51.9 Å². The van der Waals surface area contributed by atoms with Crippen LogP contribution >= 0.6 is 0 Å². The van der Waals surface area contributed by atoms with Crippen molar-refractivity contribution < 1.29 is 4.79 Å². The molecule has 1 amide bonds. The average molecular weight is 443 g/mol. The van der Waals surface area contributed by atoms with Gasteiger partial charge in [0.1, 0.15) is 23.8 Å². The molecule has 0 aliphatic heterocycles. The molecule has 1 aromatic carbocycles. The molecule has 4 saturated carbocycles. The van der Waals surface area contributed by atoms with Crippen LogP contribution in [0.5, 0.6) is 0 Å². The van der Waals surface area contributed by atoms with Crippen molar-refractivity contribution >= 4 is 23.1 Å². The molecule has 4 fully saturated rings. The number of amides is 1. The number of hydrogen-bond acceptors (Lipinski definition) is 5. The molecule has 2 N–H and O–H groups in total. The highest BCUT2D eigenvalue weighted by Crippen LogP contribution is 2.61. The SMILES string of the molecule is Cc1nc(Nc2ccc(NC(=O)CC34CC5CC(CC(C5)C3)C4)cc2)cc(-n2ccnc2)n1. The van der Waals surface area contributed by atoms with Gasteiger partial charge in [-0.3, -0.25) is 9.36 Å². The molecule has 2 heterocycles. The molecule has 3 aromatic rings. The molecule has 4 aliphatic carbocycles. The van der Waals surface area contributed by atoms with Gasteiger partial charge in [0.05, 0.1) is 0 Å². The van der Waals surface area contributed by atoms with E-state index in [1.165, 1.54) is 38.5 Å². The topological polar surface area (TPSA) is 84.7 Å². The van der Waals surface area contributed by atoms with Gasteiger partial charge >= 0.3 is 0 Å². The summed E-state index contributed by atoms with van der Waals surface area (Å²) >= 11 is 0.